The minimum Gasteiger partial charge on any atom is -0.306 e. The van der Waals surface area contributed by atoms with Gasteiger partial charge in [0.15, 0.2) is 5.65 Å². The van der Waals surface area contributed by atoms with Crippen molar-refractivity contribution in [2.24, 2.45) is 0 Å². The van der Waals surface area contributed by atoms with Crippen LogP contribution in [0.3, 0.4) is 0 Å². The van der Waals surface area contributed by atoms with Gasteiger partial charge in [-0.2, -0.15) is 5.10 Å². The Labute approximate surface area is 179 Å². The van der Waals surface area contributed by atoms with Crippen LogP contribution in [-0.2, 0) is 13.0 Å². The van der Waals surface area contributed by atoms with Crippen LogP contribution >= 0.6 is 11.6 Å². The van der Waals surface area contributed by atoms with E-state index in [-0.39, 0.29) is 5.91 Å². The summed E-state index contributed by atoms with van der Waals surface area (Å²) in [6.07, 6.45) is 4.45. The van der Waals surface area contributed by atoms with Crippen molar-refractivity contribution in [2.45, 2.75) is 32.7 Å². The average molecular weight is 420 g/mol. The number of hydrogen-bond acceptors (Lipinski definition) is 4. The zero-order chi connectivity index (χ0) is 20.9. The van der Waals surface area contributed by atoms with Crippen molar-refractivity contribution >= 4 is 34.4 Å². The number of benzene rings is 2. The second-order valence-electron chi connectivity index (χ2n) is 7.08. The van der Waals surface area contributed by atoms with Gasteiger partial charge in [0.25, 0.3) is 5.91 Å². The van der Waals surface area contributed by atoms with Gasteiger partial charge < -0.3 is 5.32 Å². The SMILES string of the molecule is CCCCc1nc(NC(=O)c2cccc(Cl)c2)c2cnn(Cc3ccccc3)c2n1. The summed E-state index contributed by atoms with van der Waals surface area (Å²) in [5.74, 6) is 0.894. The molecule has 0 aliphatic rings. The van der Waals surface area contributed by atoms with Gasteiger partial charge in [0.2, 0.25) is 0 Å². The molecule has 0 radical (unpaired) electrons. The van der Waals surface area contributed by atoms with Crippen LogP contribution in [0.2, 0.25) is 5.02 Å². The highest BCUT2D eigenvalue weighted by molar-refractivity contribution is 6.31. The molecule has 4 aromatic rings. The number of halogens is 1. The van der Waals surface area contributed by atoms with Crippen LogP contribution in [0.15, 0.2) is 60.8 Å². The van der Waals surface area contributed by atoms with Gasteiger partial charge in [-0.15, -0.1) is 0 Å². The lowest BCUT2D eigenvalue weighted by atomic mass is 10.2. The molecular formula is C23H22ClN5O. The summed E-state index contributed by atoms with van der Waals surface area (Å²) in [7, 11) is 0. The molecule has 2 heterocycles. The number of anilines is 1. The number of nitrogens with one attached hydrogen (secondary N) is 1. The summed E-state index contributed by atoms with van der Waals surface area (Å²) in [5, 5.41) is 8.65. The average Bonchev–Trinajstić information content (AvgIpc) is 3.16. The lowest BCUT2D eigenvalue weighted by Gasteiger charge is -2.09. The minimum atomic E-state index is -0.269. The first-order valence-electron chi connectivity index (χ1n) is 9.97. The van der Waals surface area contributed by atoms with Crippen LogP contribution in [0.4, 0.5) is 5.82 Å². The highest BCUT2D eigenvalue weighted by Crippen LogP contribution is 2.23. The van der Waals surface area contributed by atoms with Gasteiger partial charge in [-0.1, -0.05) is 61.3 Å². The van der Waals surface area contributed by atoms with Gasteiger partial charge in [-0.05, 0) is 30.2 Å². The van der Waals surface area contributed by atoms with Gasteiger partial charge >= 0.3 is 0 Å². The van der Waals surface area contributed by atoms with Crippen molar-refractivity contribution in [3.63, 3.8) is 0 Å². The number of fused-ring (bicyclic) bond motifs is 1. The molecule has 2 aromatic carbocycles. The van der Waals surface area contributed by atoms with Gasteiger partial charge in [-0.3, -0.25) is 4.79 Å². The molecule has 30 heavy (non-hydrogen) atoms. The van der Waals surface area contributed by atoms with Crippen LogP contribution in [-0.4, -0.2) is 25.7 Å². The highest BCUT2D eigenvalue weighted by atomic mass is 35.5. The number of aromatic nitrogens is 4. The Morgan fingerprint density at radius 1 is 1.10 bits per heavy atom. The molecule has 7 heteroatoms. The number of carbonyl (C=O) groups excluding carboxylic acids is 1. The summed E-state index contributed by atoms with van der Waals surface area (Å²) in [6, 6.07) is 16.9. The first kappa shape index (κ1) is 20.0. The molecular weight excluding hydrogens is 398 g/mol. The van der Waals surface area contributed by atoms with Crippen LogP contribution in [0.1, 0.15) is 41.5 Å². The number of rotatable bonds is 7. The van der Waals surface area contributed by atoms with E-state index in [9.17, 15) is 4.79 Å². The number of nitrogens with zero attached hydrogens (tertiary/aromatic N) is 4. The second-order valence-corrected chi connectivity index (χ2v) is 7.52. The molecule has 0 bridgehead atoms. The molecule has 6 nitrogen and oxygen atoms in total. The maximum absolute atomic E-state index is 12.8. The Balaban J connectivity index is 1.71. The van der Waals surface area contributed by atoms with Gasteiger partial charge in [0.1, 0.15) is 11.6 Å². The Morgan fingerprint density at radius 2 is 1.93 bits per heavy atom. The number of aryl methyl sites for hydroxylation is 1. The van der Waals surface area contributed by atoms with E-state index in [2.05, 4.69) is 34.5 Å². The molecule has 4 rings (SSSR count). The highest BCUT2D eigenvalue weighted by Gasteiger charge is 2.16. The van der Waals surface area contributed by atoms with Crippen molar-refractivity contribution < 1.29 is 4.79 Å². The maximum Gasteiger partial charge on any atom is 0.256 e. The van der Waals surface area contributed by atoms with Crippen LogP contribution in [0.25, 0.3) is 11.0 Å². The lowest BCUT2D eigenvalue weighted by Crippen LogP contribution is -2.15. The van der Waals surface area contributed by atoms with E-state index in [0.717, 1.165) is 24.8 Å². The van der Waals surface area contributed by atoms with Crippen molar-refractivity contribution in [1.82, 2.24) is 19.7 Å². The van der Waals surface area contributed by atoms with E-state index < -0.39 is 0 Å². The van der Waals surface area contributed by atoms with Gasteiger partial charge in [0.05, 0.1) is 18.1 Å². The number of amides is 1. The van der Waals surface area contributed by atoms with E-state index in [1.807, 2.05) is 22.9 Å². The molecule has 0 atom stereocenters. The van der Waals surface area contributed by atoms with E-state index >= 15 is 0 Å². The van der Waals surface area contributed by atoms with Crippen LogP contribution < -0.4 is 5.32 Å². The number of hydrogen-bond donors (Lipinski definition) is 1. The molecule has 1 N–H and O–H groups in total. The third-order valence-corrected chi connectivity index (χ3v) is 5.03. The van der Waals surface area contributed by atoms with E-state index in [1.54, 1.807) is 30.5 Å². The largest absolute Gasteiger partial charge is 0.306 e. The Morgan fingerprint density at radius 3 is 2.70 bits per heavy atom. The van der Waals surface area contributed by atoms with Crippen LogP contribution in [0.5, 0.6) is 0 Å². The van der Waals surface area contributed by atoms with Gasteiger partial charge in [0, 0.05) is 17.0 Å². The molecule has 0 aliphatic heterocycles. The van der Waals surface area contributed by atoms with Gasteiger partial charge in [-0.25, -0.2) is 14.6 Å². The molecule has 1 amide bonds. The second kappa shape index (κ2) is 9.05. The van der Waals surface area contributed by atoms with Crippen molar-refractivity contribution in [3.8, 4) is 0 Å². The standard InChI is InChI=1S/C23H22ClN5O/c1-2-3-12-20-26-21(28-23(30)17-10-7-11-18(24)13-17)19-14-25-29(22(19)27-20)15-16-8-5-4-6-9-16/h4-11,13-14H,2-3,12,15H2,1H3,(H,26,27,28,30). The molecule has 0 fully saturated rings. The first-order chi connectivity index (χ1) is 14.6. The zero-order valence-electron chi connectivity index (χ0n) is 16.7. The Hall–Kier alpha value is -3.25. The maximum atomic E-state index is 12.8. The monoisotopic (exact) mass is 419 g/mol. The molecule has 0 unspecified atom stereocenters. The fourth-order valence-corrected chi connectivity index (χ4v) is 3.41. The summed E-state index contributed by atoms with van der Waals surface area (Å²) < 4.78 is 1.84. The summed E-state index contributed by atoms with van der Waals surface area (Å²) in [5.41, 5.74) is 2.31. The summed E-state index contributed by atoms with van der Waals surface area (Å²) in [6.45, 7) is 2.72. The lowest BCUT2D eigenvalue weighted by molar-refractivity contribution is 0.102. The number of unbranched alkanes of at least 4 members (excludes halogenated alkanes) is 1. The van der Waals surface area contributed by atoms with Crippen molar-refractivity contribution in [3.05, 3.63) is 82.8 Å². The third kappa shape index (κ3) is 4.49. The molecule has 0 saturated heterocycles. The minimum absolute atomic E-state index is 0.269. The summed E-state index contributed by atoms with van der Waals surface area (Å²) >= 11 is 6.03. The zero-order valence-corrected chi connectivity index (χ0v) is 17.4. The third-order valence-electron chi connectivity index (χ3n) is 4.79. The quantitative estimate of drug-likeness (QED) is 0.451. The molecule has 0 spiro atoms. The smallest absolute Gasteiger partial charge is 0.256 e. The summed E-state index contributed by atoms with van der Waals surface area (Å²) in [4.78, 5) is 22.1. The van der Waals surface area contributed by atoms with Crippen molar-refractivity contribution in [2.75, 3.05) is 5.32 Å². The first-order valence-corrected chi connectivity index (χ1v) is 10.3. The predicted octanol–water partition coefficient (Wildman–Crippen LogP) is 5.12. The predicted molar refractivity (Wildman–Crippen MR) is 119 cm³/mol. The van der Waals surface area contributed by atoms with E-state index in [1.165, 1.54) is 0 Å². The van der Waals surface area contributed by atoms with Crippen LogP contribution in [0, 0.1) is 0 Å². The topological polar surface area (TPSA) is 72.7 Å². The number of carbonyl (C=O) groups is 1. The van der Waals surface area contributed by atoms with Crippen molar-refractivity contribution in [1.29, 1.82) is 0 Å². The Bertz CT molecular complexity index is 1170. The molecule has 2 aromatic heterocycles. The molecule has 152 valence electrons. The molecule has 0 saturated carbocycles. The fraction of sp³-hybridized carbons (Fsp3) is 0.217. The molecule has 0 aliphatic carbocycles. The normalized spacial score (nSPS) is 11.0. The van der Waals surface area contributed by atoms with E-state index in [0.29, 0.717) is 39.8 Å². The van der Waals surface area contributed by atoms with E-state index in [4.69, 9.17) is 16.6 Å². The Kier molecular flexibility index (Phi) is 6.05. The fourth-order valence-electron chi connectivity index (χ4n) is 3.22.